The Morgan fingerprint density at radius 3 is 2.67 bits per heavy atom. The standard InChI is InChI=1S/C17H19N3O2S2/c1-20(2)15(21)9-8-12-5-3-6-13(11-12)18-17(23)19-16(22)14-7-4-10-24-14/h3-7,10-11H,8-9H2,1-2H3,(H2,18,19,22,23). The summed E-state index contributed by atoms with van der Waals surface area (Å²) in [6, 6.07) is 11.2. The molecule has 0 spiro atoms. The molecule has 2 amide bonds. The van der Waals surface area contributed by atoms with E-state index in [1.54, 1.807) is 25.1 Å². The second-order valence-corrected chi connectivity index (χ2v) is 6.73. The highest BCUT2D eigenvalue weighted by Crippen LogP contribution is 2.13. The van der Waals surface area contributed by atoms with Crippen molar-refractivity contribution in [1.82, 2.24) is 10.2 Å². The molecular weight excluding hydrogens is 342 g/mol. The number of aryl methyl sites for hydroxylation is 1. The second-order valence-electron chi connectivity index (χ2n) is 5.37. The first-order valence-corrected chi connectivity index (χ1v) is 8.69. The second kappa shape index (κ2) is 8.56. The van der Waals surface area contributed by atoms with E-state index in [2.05, 4.69) is 10.6 Å². The summed E-state index contributed by atoms with van der Waals surface area (Å²) in [6.07, 6.45) is 1.11. The van der Waals surface area contributed by atoms with Gasteiger partial charge in [-0.1, -0.05) is 18.2 Å². The SMILES string of the molecule is CN(C)C(=O)CCc1cccc(NC(=S)NC(=O)c2cccs2)c1. The van der Waals surface area contributed by atoms with Crippen molar-refractivity contribution in [3.63, 3.8) is 0 Å². The lowest BCUT2D eigenvalue weighted by Gasteiger charge is -2.12. The summed E-state index contributed by atoms with van der Waals surface area (Å²) in [5, 5.41) is 7.72. The fraction of sp³-hybridized carbons (Fsp3) is 0.235. The van der Waals surface area contributed by atoms with Crippen molar-refractivity contribution in [3.05, 3.63) is 52.2 Å². The van der Waals surface area contributed by atoms with Crippen LogP contribution >= 0.6 is 23.6 Å². The van der Waals surface area contributed by atoms with Crippen molar-refractivity contribution in [2.75, 3.05) is 19.4 Å². The molecule has 0 aliphatic carbocycles. The first-order chi connectivity index (χ1) is 11.5. The van der Waals surface area contributed by atoms with Crippen LogP contribution in [0.2, 0.25) is 0 Å². The Labute approximate surface area is 150 Å². The third kappa shape index (κ3) is 5.43. The highest BCUT2D eigenvalue weighted by Gasteiger charge is 2.09. The molecule has 0 saturated heterocycles. The molecule has 0 aliphatic rings. The zero-order valence-electron chi connectivity index (χ0n) is 13.5. The number of rotatable bonds is 5. The first kappa shape index (κ1) is 18.1. The van der Waals surface area contributed by atoms with Gasteiger partial charge in [0, 0.05) is 26.2 Å². The Balaban J connectivity index is 1.90. The van der Waals surface area contributed by atoms with E-state index in [9.17, 15) is 9.59 Å². The fourth-order valence-corrected chi connectivity index (χ4v) is 2.84. The van der Waals surface area contributed by atoms with Crippen LogP contribution in [0.1, 0.15) is 21.7 Å². The number of benzene rings is 1. The van der Waals surface area contributed by atoms with Gasteiger partial charge in [0.15, 0.2) is 5.11 Å². The van der Waals surface area contributed by atoms with Crippen LogP contribution in [0.5, 0.6) is 0 Å². The van der Waals surface area contributed by atoms with Crippen LogP contribution in [0.15, 0.2) is 41.8 Å². The van der Waals surface area contributed by atoms with E-state index >= 15 is 0 Å². The molecule has 126 valence electrons. The number of carbonyl (C=O) groups excluding carboxylic acids is 2. The van der Waals surface area contributed by atoms with Crippen molar-refractivity contribution in [2.24, 2.45) is 0 Å². The van der Waals surface area contributed by atoms with Gasteiger partial charge in [0.1, 0.15) is 0 Å². The van der Waals surface area contributed by atoms with Crippen molar-refractivity contribution >= 4 is 46.2 Å². The quantitative estimate of drug-likeness (QED) is 0.804. The van der Waals surface area contributed by atoms with Crippen LogP contribution in [-0.4, -0.2) is 35.9 Å². The van der Waals surface area contributed by atoms with Crippen LogP contribution < -0.4 is 10.6 Å². The minimum atomic E-state index is -0.227. The van der Waals surface area contributed by atoms with Gasteiger partial charge in [-0.2, -0.15) is 0 Å². The summed E-state index contributed by atoms with van der Waals surface area (Å²) in [5.74, 6) is -0.137. The maximum atomic E-state index is 11.9. The lowest BCUT2D eigenvalue weighted by molar-refractivity contribution is -0.128. The first-order valence-electron chi connectivity index (χ1n) is 7.40. The molecule has 0 atom stereocenters. The molecule has 7 heteroatoms. The molecule has 0 radical (unpaired) electrons. The predicted octanol–water partition coefficient (Wildman–Crippen LogP) is 2.90. The molecule has 0 unspecified atom stereocenters. The van der Waals surface area contributed by atoms with Crippen LogP contribution in [0.25, 0.3) is 0 Å². The maximum absolute atomic E-state index is 11.9. The molecule has 0 fully saturated rings. The normalized spacial score (nSPS) is 10.1. The topological polar surface area (TPSA) is 61.4 Å². The Hall–Kier alpha value is -2.25. The minimum absolute atomic E-state index is 0.0899. The summed E-state index contributed by atoms with van der Waals surface area (Å²) in [7, 11) is 3.49. The van der Waals surface area contributed by atoms with E-state index in [1.165, 1.54) is 11.3 Å². The van der Waals surface area contributed by atoms with Crippen molar-refractivity contribution in [3.8, 4) is 0 Å². The number of anilines is 1. The van der Waals surface area contributed by atoms with Gasteiger partial charge in [-0.05, 0) is 47.8 Å². The van der Waals surface area contributed by atoms with Crippen LogP contribution in [-0.2, 0) is 11.2 Å². The average Bonchev–Trinajstić information content (AvgIpc) is 3.07. The van der Waals surface area contributed by atoms with E-state index < -0.39 is 0 Å². The van der Waals surface area contributed by atoms with Crippen LogP contribution in [0, 0.1) is 0 Å². The van der Waals surface area contributed by atoms with Gasteiger partial charge in [-0.25, -0.2) is 0 Å². The predicted molar refractivity (Wildman–Crippen MR) is 101 cm³/mol. The largest absolute Gasteiger partial charge is 0.349 e. The molecule has 1 heterocycles. The Bertz CT molecular complexity index is 727. The maximum Gasteiger partial charge on any atom is 0.267 e. The summed E-state index contributed by atoms with van der Waals surface area (Å²) >= 11 is 6.53. The number of hydrogen-bond donors (Lipinski definition) is 2. The van der Waals surface area contributed by atoms with Gasteiger partial charge in [-0.3, -0.25) is 14.9 Å². The molecule has 5 nitrogen and oxygen atoms in total. The van der Waals surface area contributed by atoms with Crippen molar-refractivity contribution in [1.29, 1.82) is 0 Å². The number of carbonyl (C=O) groups is 2. The van der Waals surface area contributed by atoms with Gasteiger partial charge in [0.25, 0.3) is 5.91 Å². The Kier molecular flexibility index (Phi) is 6.45. The highest BCUT2D eigenvalue weighted by atomic mass is 32.1. The molecule has 24 heavy (non-hydrogen) atoms. The lowest BCUT2D eigenvalue weighted by atomic mass is 10.1. The van der Waals surface area contributed by atoms with E-state index in [4.69, 9.17) is 12.2 Å². The summed E-state index contributed by atoms with van der Waals surface area (Å²) in [5.41, 5.74) is 1.81. The molecule has 0 aliphatic heterocycles. The summed E-state index contributed by atoms with van der Waals surface area (Å²) in [4.78, 5) is 25.8. The third-order valence-corrected chi connectivity index (χ3v) is 4.36. The number of amides is 2. The van der Waals surface area contributed by atoms with Crippen molar-refractivity contribution in [2.45, 2.75) is 12.8 Å². The number of thiophene rings is 1. The van der Waals surface area contributed by atoms with Crippen LogP contribution in [0.3, 0.4) is 0 Å². The molecule has 1 aromatic heterocycles. The smallest absolute Gasteiger partial charge is 0.267 e. The summed E-state index contributed by atoms with van der Waals surface area (Å²) < 4.78 is 0. The number of nitrogens with one attached hydrogen (secondary N) is 2. The number of hydrogen-bond acceptors (Lipinski definition) is 4. The van der Waals surface area contributed by atoms with Gasteiger partial charge >= 0.3 is 0 Å². The highest BCUT2D eigenvalue weighted by molar-refractivity contribution is 7.80. The van der Waals surface area contributed by atoms with Crippen LogP contribution in [0.4, 0.5) is 5.69 Å². The van der Waals surface area contributed by atoms with Gasteiger partial charge in [0.2, 0.25) is 5.91 Å². The third-order valence-electron chi connectivity index (χ3n) is 3.28. The zero-order valence-corrected chi connectivity index (χ0v) is 15.2. The van der Waals surface area contributed by atoms with E-state index in [0.29, 0.717) is 17.7 Å². The molecule has 2 rings (SSSR count). The Morgan fingerprint density at radius 2 is 2.00 bits per heavy atom. The molecule has 2 N–H and O–H groups in total. The van der Waals surface area contributed by atoms with Crippen molar-refractivity contribution < 1.29 is 9.59 Å². The number of nitrogens with zero attached hydrogens (tertiary/aromatic N) is 1. The molecular formula is C17H19N3O2S2. The van der Waals surface area contributed by atoms with Gasteiger partial charge in [-0.15, -0.1) is 11.3 Å². The van der Waals surface area contributed by atoms with Gasteiger partial charge in [0.05, 0.1) is 4.88 Å². The summed E-state index contributed by atoms with van der Waals surface area (Å²) in [6.45, 7) is 0. The average molecular weight is 361 g/mol. The zero-order chi connectivity index (χ0) is 17.5. The molecule has 0 saturated carbocycles. The monoisotopic (exact) mass is 361 g/mol. The number of thiocarbonyl (C=S) groups is 1. The lowest BCUT2D eigenvalue weighted by Crippen LogP contribution is -2.33. The van der Waals surface area contributed by atoms with Gasteiger partial charge < -0.3 is 10.2 Å². The molecule has 2 aromatic rings. The molecule has 1 aromatic carbocycles. The minimum Gasteiger partial charge on any atom is -0.349 e. The van der Waals surface area contributed by atoms with E-state index in [0.717, 1.165) is 11.3 Å². The fourth-order valence-electron chi connectivity index (χ4n) is 2.01. The van der Waals surface area contributed by atoms with E-state index in [1.807, 2.05) is 35.7 Å². The Morgan fingerprint density at radius 1 is 1.21 bits per heavy atom. The van der Waals surface area contributed by atoms with E-state index in [-0.39, 0.29) is 16.9 Å². The molecule has 0 bridgehead atoms.